The number of methoxy groups -OCH3 is 1. The predicted octanol–water partition coefficient (Wildman–Crippen LogP) is 3.19. The maximum absolute atomic E-state index is 13.9. The van der Waals surface area contributed by atoms with Crippen molar-refractivity contribution < 1.29 is 23.5 Å². The fourth-order valence-electron chi connectivity index (χ4n) is 4.19. The van der Waals surface area contributed by atoms with E-state index in [1.165, 1.54) is 19.2 Å². The molecule has 3 amide bonds. The summed E-state index contributed by atoms with van der Waals surface area (Å²) in [5.74, 6) is -1.61. The second-order valence-corrected chi connectivity index (χ2v) is 7.36. The van der Waals surface area contributed by atoms with Crippen LogP contribution in [0.3, 0.4) is 0 Å². The van der Waals surface area contributed by atoms with Gasteiger partial charge in [0, 0.05) is 5.56 Å². The molecule has 4 rings (SSSR count). The summed E-state index contributed by atoms with van der Waals surface area (Å²) in [5.41, 5.74) is 0.756. The van der Waals surface area contributed by atoms with Crippen LogP contribution in [-0.2, 0) is 16.8 Å². The maximum Gasteiger partial charge on any atom is 0.325 e. The van der Waals surface area contributed by atoms with E-state index in [-0.39, 0.29) is 11.3 Å². The van der Waals surface area contributed by atoms with Crippen LogP contribution in [0.5, 0.6) is 5.75 Å². The van der Waals surface area contributed by atoms with Crippen LogP contribution in [0.4, 0.5) is 9.18 Å². The molecule has 1 aliphatic carbocycles. The molecule has 1 heterocycles. The minimum absolute atomic E-state index is 0.0190. The SMILES string of the molecule is COc1ccc(C(=O)CN2C(=O)N[C@@]3(CCCCc4ccccc43)C2=O)cc1F. The summed E-state index contributed by atoms with van der Waals surface area (Å²) < 4.78 is 18.8. The van der Waals surface area contributed by atoms with Gasteiger partial charge in [-0.2, -0.15) is 0 Å². The molecule has 29 heavy (non-hydrogen) atoms. The lowest BCUT2D eigenvalue weighted by Gasteiger charge is -2.27. The number of ketones is 1. The quantitative estimate of drug-likeness (QED) is 0.636. The smallest absolute Gasteiger partial charge is 0.325 e. The predicted molar refractivity (Wildman–Crippen MR) is 103 cm³/mol. The number of hydrogen-bond donors (Lipinski definition) is 1. The Morgan fingerprint density at radius 2 is 2.00 bits per heavy atom. The number of nitrogens with zero attached hydrogens (tertiary/aromatic N) is 1. The number of fused-ring (bicyclic) bond motifs is 2. The molecule has 0 unspecified atom stereocenters. The number of carbonyl (C=O) groups is 3. The number of nitrogens with one attached hydrogen (secondary N) is 1. The highest BCUT2D eigenvalue weighted by atomic mass is 19.1. The molecule has 1 atom stereocenters. The summed E-state index contributed by atoms with van der Waals surface area (Å²) in [5, 5.41) is 2.84. The normalized spacial score (nSPS) is 21.0. The Morgan fingerprint density at radius 3 is 2.76 bits per heavy atom. The fraction of sp³-hybridized carbons (Fsp3) is 0.318. The van der Waals surface area contributed by atoms with Crippen molar-refractivity contribution in [2.24, 2.45) is 0 Å². The molecule has 1 fully saturated rings. The summed E-state index contributed by atoms with van der Waals surface area (Å²) >= 11 is 0. The van der Waals surface area contributed by atoms with Gasteiger partial charge in [-0.05, 0) is 55.0 Å². The van der Waals surface area contributed by atoms with Gasteiger partial charge in [0.2, 0.25) is 0 Å². The second kappa shape index (κ2) is 7.31. The molecule has 1 N–H and O–H groups in total. The van der Waals surface area contributed by atoms with Gasteiger partial charge < -0.3 is 10.1 Å². The Labute approximate surface area is 167 Å². The van der Waals surface area contributed by atoms with Crippen LogP contribution in [-0.4, -0.2) is 36.3 Å². The molecule has 2 aromatic carbocycles. The molecule has 2 aliphatic rings. The molecule has 0 radical (unpaired) electrons. The van der Waals surface area contributed by atoms with Crippen LogP contribution < -0.4 is 10.1 Å². The Kier molecular flexibility index (Phi) is 4.82. The van der Waals surface area contributed by atoms with Crippen LogP contribution in [0.15, 0.2) is 42.5 Å². The number of rotatable bonds is 4. The van der Waals surface area contributed by atoms with Gasteiger partial charge in [0.15, 0.2) is 17.3 Å². The number of imide groups is 1. The first-order valence-corrected chi connectivity index (χ1v) is 9.55. The number of ether oxygens (including phenoxy) is 1. The van der Waals surface area contributed by atoms with Gasteiger partial charge in [-0.15, -0.1) is 0 Å². The molecule has 6 nitrogen and oxygen atoms in total. The first-order chi connectivity index (χ1) is 14.0. The van der Waals surface area contributed by atoms with Gasteiger partial charge in [0.1, 0.15) is 5.54 Å². The minimum Gasteiger partial charge on any atom is -0.494 e. The highest BCUT2D eigenvalue weighted by Gasteiger charge is 2.53. The third kappa shape index (κ3) is 3.16. The Bertz CT molecular complexity index is 1010. The first-order valence-electron chi connectivity index (χ1n) is 9.55. The van der Waals surface area contributed by atoms with Gasteiger partial charge in [-0.3, -0.25) is 14.5 Å². The van der Waals surface area contributed by atoms with E-state index in [1.54, 1.807) is 0 Å². The summed E-state index contributed by atoms with van der Waals surface area (Å²) in [6, 6.07) is 10.8. The van der Waals surface area contributed by atoms with E-state index in [1.807, 2.05) is 24.3 Å². The van der Waals surface area contributed by atoms with Crippen molar-refractivity contribution in [3.63, 3.8) is 0 Å². The zero-order valence-corrected chi connectivity index (χ0v) is 16.0. The third-order valence-electron chi connectivity index (χ3n) is 5.68. The van der Waals surface area contributed by atoms with Crippen LogP contribution in [0.25, 0.3) is 0 Å². The molecule has 0 aromatic heterocycles. The van der Waals surface area contributed by atoms with E-state index < -0.39 is 35.6 Å². The number of amides is 3. The van der Waals surface area contributed by atoms with Crippen molar-refractivity contribution in [2.75, 3.05) is 13.7 Å². The number of benzene rings is 2. The van der Waals surface area contributed by atoms with Crippen molar-refractivity contribution in [1.82, 2.24) is 10.2 Å². The van der Waals surface area contributed by atoms with Gasteiger partial charge in [-0.1, -0.05) is 24.3 Å². The first kappa shape index (κ1) is 19.1. The Morgan fingerprint density at radius 1 is 1.21 bits per heavy atom. The molecule has 150 valence electrons. The molecular formula is C22H21FN2O4. The molecule has 1 saturated heterocycles. The number of Topliss-reactive ketones (excluding diaryl/α,β-unsaturated/α-hetero) is 1. The minimum atomic E-state index is -1.14. The molecule has 0 bridgehead atoms. The van der Waals surface area contributed by atoms with Crippen molar-refractivity contribution >= 4 is 17.7 Å². The monoisotopic (exact) mass is 396 g/mol. The van der Waals surface area contributed by atoms with Gasteiger partial charge in [0.05, 0.1) is 13.7 Å². The molecule has 2 aromatic rings. The van der Waals surface area contributed by atoms with Gasteiger partial charge in [-0.25, -0.2) is 9.18 Å². The zero-order chi connectivity index (χ0) is 20.6. The maximum atomic E-state index is 13.9. The van der Waals surface area contributed by atoms with E-state index in [2.05, 4.69) is 5.32 Å². The second-order valence-electron chi connectivity index (χ2n) is 7.36. The fourth-order valence-corrected chi connectivity index (χ4v) is 4.19. The van der Waals surface area contributed by atoms with Crippen LogP contribution >= 0.6 is 0 Å². The Balaban J connectivity index is 1.62. The summed E-state index contributed by atoms with van der Waals surface area (Å²) in [7, 11) is 1.33. The molecular weight excluding hydrogens is 375 g/mol. The largest absolute Gasteiger partial charge is 0.494 e. The van der Waals surface area contributed by atoms with Gasteiger partial charge in [0.25, 0.3) is 5.91 Å². The van der Waals surface area contributed by atoms with Crippen molar-refractivity contribution in [1.29, 1.82) is 0 Å². The molecule has 1 spiro atoms. The Hall–Kier alpha value is -3.22. The van der Waals surface area contributed by atoms with Gasteiger partial charge >= 0.3 is 6.03 Å². The highest BCUT2D eigenvalue weighted by molar-refractivity contribution is 6.11. The topological polar surface area (TPSA) is 75.7 Å². The molecule has 1 aliphatic heterocycles. The van der Waals surface area contributed by atoms with Crippen LogP contribution in [0.2, 0.25) is 0 Å². The standard InChI is InChI=1S/C22H21FN2O4/c1-29-19-10-9-15(12-17(19)23)18(26)13-25-20(27)22(24-21(25)28)11-5-4-7-14-6-2-3-8-16(14)22/h2-3,6,8-10,12H,4-5,7,11,13H2,1H3,(H,24,28)/t22-/m1/s1. The summed E-state index contributed by atoms with van der Waals surface area (Å²) in [6.45, 7) is -0.444. The average molecular weight is 396 g/mol. The number of aryl methyl sites for hydroxylation is 1. The zero-order valence-electron chi connectivity index (χ0n) is 16.0. The highest BCUT2D eigenvalue weighted by Crippen LogP contribution is 2.39. The average Bonchev–Trinajstić information content (AvgIpc) is 2.86. The van der Waals surface area contributed by atoms with Crippen LogP contribution in [0.1, 0.15) is 40.7 Å². The lowest BCUT2D eigenvalue weighted by molar-refractivity contribution is -0.131. The van der Waals surface area contributed by atoms with E-state index in [0.29, 0.717) is 6.42 Å². The van der Waals surface area contributed by atoms with Crippen molar-refractivity contribution in [3.05, 3.63) is 65.0 Å². The summed E-state index contributed by atoms with van der Waals surface area (Å²) in [6.07, 6.45) is 3.03. The third-order valence-corrected chi connectivity index (χ3v) is 5.68. The number of carbonyl (C=O) groups excluding carboxylic acids is 3. The van der Waals surface area contributed by atoms with E-state index in [4.69, 9.17) is 4.74 Å². The van der Waals surface area contributed by atoms with Crippen molar-refractivity contribution in [3.8, 4) is 5.75 Å². The lowest BCUT2D eigenvalue weighted by Crippen LogP contribution is -2.44. The van der Waals surface area contributed by atoms with E-state index >= 15 is 0 Å². The number of halogens is 1. The van der Waals surface area contributed by atoms with Crippen LogP contribution in [0, 0.1) is 5.82 Å². The molecule has 0 saturated carbocycles. The van der Waals surface area contributed by atoms with E-state index in [9.17, 15) is 18.8 Å². The molecule has 7 heteroatoms. The lowest BCUT2D eigenvalue weighted by atomic mass is 9.84. The summed E-state index contributed by atoms with van der Waals surface area (Å²) in [4.78, 5) is 39.6. The van der Waals surface area contributed by atoms with E-state index in [0.717, 1.165) is 41.4 Å². The van der Waals surface area contributed by atoms with Crippen molar-refractivity contribution in [2.45, 2.75) is 31.2 Å². The number of urea groups is 1. The number of hydrogen-bond acceptors (Lipinski definition) is 4.